The minimum atomic E-state index is -4.42. The average molecular weight is 474 g/mol. The number of unbranched alkanes of at least 4 members (excludes halogenated alkanes) is 1. The van der Waals surface area contributed by atoms with Crippen LogP contribution in [-0.4, -0.2) is 48.5 Å². The Morgan fingerprint density at radius 1 is 1.06 bits per heavy atom. The van der Waals surface area contributed by atoms with Crippen molar-refractivity contribution in [2.24, 2.45) is 0 Å². The van der Waals surface area contributed by atoms with Crippen molar-refractivity contribution < 1.29 is 22.7 Å². The van der Waals surface area contributed by atoms with E-state index in [4.69, 9.17) is 10.00 Å². The van der Waals surface area contributed by atoms with Gasteiger partial charge in [0.05, 0.1) is 18.2 Å². The molecule has 0 aromatic heterocycles. The molecular formula is C26H30F3N3O2. The Bertz CT molecular complexity index is 1040. The Morgan fingerprint density at radius 2 is 1.71 bits per heavy atom. The van der Waals surface area contributed by atoms with Crippen LogP contribution in [-0.2, 0) is 6.18 Å². The Balaban J connectivity index is 1.60. The number of carbonyl (C=O) groups excluding carboxylic acids is 1. The zero-order valence-electron chi connectivity index (χ0n) is 19.8. The van der Waals surface area contributed by atoms with Crippen LogP contribution in [0.25, 0.3) is 0 Å². The number of hydrogen-bond donors (Lipinski definition) is 0. The number of piperazine rings is 1. The van der Waals surface area contributed by atoms with Gasteiger partial charge in [0.25, 0.3) is 5.91 Å². The number of benzene rings is 2. The van der Waals surface area contributed by atoms with Gasteiger partial charge in [-0.2, -0.15) is 18.4 Å². The second-order valence-corrected chi connectivity index (χ2v) is 8.59. The highest BCUT2D eigenvalue weighted by Gasteiger charge is 2.31. The molecule has 1 amide bonds. The highest BCUT2D eigenvalue weighted by Crippen LogP contribution is 2.32. The minimum Gasteiger partial charge on any atom is -0.493 e. The minimum absolute atomic E-state index is 0.148. The molecule has 1 heterocycles. The topological polar surface area (TPSA) is 56.6 Å². The Labute approximate surface area is 198 Å². The molecule has 1 unspecified atom stereocenters. The fourth-order valence-corrected chi connectivity index (χ4v) is 4.25. The van der Waals surface area contributed by atoms with Crippen LogP contribution in [0.3, 0.4) is 0 Å². The maximum Gasteiger partial charge on any atom is 0.416 e. The van der Waals surface area contributed by atoms with Crippen molar-refractivity contribution in [3.63, 3.8) is 0 Å². The van der Waals surface area contributed by atoms with Crippen molar-refractivity contribution >= 4 is 5.91 Å². The van der Waals surface area contributed by atoms with E-state index in [1.54, 1.807) is 4.90 Å². The van der Waals surface area contributed by atoms with Gasteiger partial charge in [0.2, 0.25) is 0 Å². The van der Waals surface area contributed by atoms with Gasteiger partial charge in [-0.1, -0.05) is 6.07 Å². The molecule has 0 N–H and O–H groups in total. The van der Waals surface area contributed by atoms with Crippen LogP contribution < -0.4 is 4.74 Å². The first kappa shape index (κ1) is 25.6. The summed E-state index contributed by atoms with van der Waals surface area (Å²) in [5.41, 5.74) is 2.95. The molecule has 1 saturated heterocycles. The zero-order chi connectivity index (χ0) is 24.9. The monoisotopic (exact) mass is 473 g/mol. The van der Waals surface area contributed by atoms with Gasteiger partial charge in [-0.25, -0.2) is 0 Å². The number of nitrogens with zero attached hydrogens (tertiary/aromatic N) is 3. The highest BCUT2D eigenvalue weighted by molar-refractivity contribution is 5.94. The SMILES string of the molecule is Cc1c(OCCCC#N)ccc(C(C)N2CCN(C(=O)c3ccc(C(F)(F)F)cc3)CC2)c1C. The number of rotatable bonds is 7. The molecule has 182 valence electrons. The highest BCUT2D eigenvalue weighted by atomic mass is 19.4. The molecule has 1 atom stereocenters. The smallest absolute Gasteiger partial charge is 0.416 e. The number of nitriles is 1. The zero-order valence-corrected chi connectivity index (χ0v) is 19.8. The van der Waals surface area contributed by atoms with E-state index in [2.05, 4.69) is 30.9 Å². The average Bonchev–Trinajstić information content (AvgIpc) is 2.83. The van der Waals surface area contributed by atoms with Crippen molar-refractivity contribution in [1.82, 2.24) is 9.80 Å². The number of carbonyl (C=O) groups is 1. The van der Waals surface area contributed by atoms with Gasteiger partial charge in [-0.05, 0) is 74.2 Å². The molecule has 1 aliphatic heterocycles. The lowest BCUT2D eigenvalue weighted by atomic mass is 9.96. The van der Waals surface area contributed by atoms with Gasteiger partial charge in [-0.3, -0.25) is 9.69 Å². The maximum absolute atomic E-state index is 12.8. The molecule has 1 fully saturated rings. The molecule has 2 aromatic carbocycles. The van der Waals surface area contributed by atoms with Crippen molar-refractivity contribution in [2.45, 2.75) is 45.8 Å². The van der Waals surface area contributed by atoms with Crippen LogP contribution in [0.2, 0.25) is 0 Å². The number of ether oxygens (including phenoxy) is 1. The molecule has 0 spiro atoms. The first-order valence-corrected chi connectivity index (χ1v) is 11.4. The summed E-state index contributed by atoms with van der Waals surface area (Å²) in [6.07, 6.45) is -3.25. The summed E-state index contributed by atoms with van der Waals surface area (Å²) in [4.78, 5) is 16.8. The second kappa shape index (κ2) is 10.9. The normalized spacial score (nSPS) is 15.6. The lowest BCUT2D eigenvalue weighted by molar-refractivity contribution is -0.137. The summed E-state index contributed by atoms with van der Waals surface area (Å²) in [6, 6.07) is 10.7. The largest absolute Gasteiger partial charge is 0.493 e. The lowest BCUT2D eigenvalue weighted by Crippen LogP contribution is -2.49. The third kappa shape index (κ3) is 5.89. The predicted molar refractivity (Wildman–Crippen MR) is 124 cm³/mol. The van der Waals surface area contributed by atoms with E-state index in [-0.39, 0.29) is 17.5 Å². The number of halogens is 3. The Morgan fingerprint density at radius 3 is 2.29 bits per heavy atom. The number of amides is 1. The molecule has 8 heteroatoms. The van der Waals surface area contributed by atoms with Crippen LogP contribution in [0, 0.1) is 25.2 Å². The Hall–Kier alpha value is -3.05. The van der Waals surface area contributed by atoms with Crippen LogP contribution in [0.1, 0.15) is 58.4 Å². The van der Waals surface area contributed by atoms with Gasteiger partial charge in [-0.15, -0.1) is 0 Å². The van der Waals surface area contributed by atoms with Crippen molar-refractivity contribution in [2.75, 3.05) is 32.8 Å². The molecule has 34 heavy (non-hydrogen) atoms. The van der Waals surface area contributed by atoms with Gasteiger partial charge in [0.1, 0.15) is 5.75 Å². The molecule has 5 nitrogen and oxygen atoms in total. The third-order valence-corrected chi connectivity index (χ3v) is 6.53. The van der Waals surface area contributed by atoms with Gasteiger partial charge >= 0.3 is 6.18 Å². The van der Waals surface area contributed by atoms with E-state index in [0.29, 0.717) is 45.6 Å². The van der Waals surface area contributed by atoms with Crippen molar-refractivity contribution in [1.29, 1.82) is 5.26 Å². The van der Waals surface area contributed by atoms with Crippen LogP contribution >= 0.6 is 0 Å². The molecule has 1 aliphatic rings. The summed E-state index contributed by atoms with van der Waals surface area (Å²) in [6.45, 7) is 9.15. The number of hydrogen-bond acceptors (Lipinski definition) is 4. The first-order chi connectivity index (χ1) is 16.1. The third-order valence-electron chi connectivity index (χ3n) is 6.53. The first-order valence-electron chi connectivity index (χ1n) is 11.4. The van der Waals surface area contributed by atoms with E-state index in [9.17, 15) is 18.0 Å². The summed E-state index contributed by atoms with van der Waals surface area (Å²) >= 11 is 0. The van der Waals surface area contributed by atoms with Gasteiger partial charge in [0, 0.05) is 44.2 Å². The number of alkyl halides is 3. The summed E-state index contributed by atoms with van der Waals surface area (Å²) in [5, 5.41) is 8.66. The molecule has 3 rings (SSSR count). The molecule has 0 saturated carbocycles. The summed E-state index contributed by atoms with van der Waals surface area (Å²) < 4.78 is 44.2. The molecule has 0 aliphatic carbocycles. The quantitative estimate of drug-likeness (QED) is 0.497. The van der Waals surface area contributed by atoms with Crippen molar-refractivity contribution in [3.8, 4) is 11.8 Å². The second-order valence-electron chi connectivity index (χ2n) is 8.59. The molecule has 2 aromatic rings. The fraction of sp³-hybridized carbons (Fsp3) is 0.462. The molecular weight excluding hydrogens is 443 g/mol. The van der Waals surface area contributed by atoms with E-state index >= 15 is 0 Å². The van der Waals surface area contributed by atoms with Crippen molar-refractivity contribution in [3.05, 3.63) is 64.2 Å². The van der Waals surface area contributed by atoms with Gasteiger partial charge < -0.3 is 9.64 Å². The standard InChI is InChI=1S/C26H30F3N3O2/c1-18-19(2)24(34-17-5-4-12-30)11-10-23(18)20(3)31-13-15-32(16-14-31)25(33)21-6-8-22(9-7-21)26(27,28)29/h6-11,20H,4-5,13-17H2,1-3H3. The van der Waals surface area contributed by atoms with Gasteiger partial charge in [0.15, 0.2) is 0 Å². The van der Waals surface area contributed by atoms with Crippen LogP contribution in [0.4, 0.5) is 13.2 Å². The lowest BCUT2D eigenvalue weighted by Gasteiger charge is -2.39. The fourth-order valence-electron chi connectivity index (χ4n) is 4.25. The Kier molecular flexibility index (Phi) is 8.21. The van der Waals surface area contributed by atoms with Crippen LogP contribution in [0.5, 0.6) is 5.75 Å². The summed E-state index contributed by atoms with van der Waals surface area (Å²) in [7, 11) is 0. The maximum atomic E-state index is 12.8. The molecule has 0 bridgehead atoms. The van der Waals surface area contributed by atoms with E-state index in [0.717, 1.165) is 29.0 Å². The van der Waals surface area contributed by atoms with E-state index in [1.165, 1.54) is 17.7 Å². The van der Waals surface area contributed by atoms with Crippen LogP contribution in [0.15, 0.2) is 36.4 Å². The summed E-state index contributed by atoms with van der Waals surface area (Å²) in [5.74, 6) is 0.587. The van der Waals surface area contributed by atoms with E-state index < -0.39 is 11.7 Å². The van der Waals surface area contributed by atoms with E-state index in [1.807, 2.05) is 13.0 Å². The molecule has 0 radical (unpaired) electrons. The predicted octanol–water partition coefficient (Wildman–Crippen LogP) is 5.52.